The van der Waals surface area contributed by atoms with Crippen molar-refractivity contribution < 1.29 is 0 Å². The van der Waals surface area contributed by atoms with Crippen LogP contribution in [-0.2, 0) is 0 Å². The predicted molar refractivity (Wildman–Crippen MR) is 99.5 cm³/mol. The van der Waals surface area contributed by atoms with Gasteiger partial charge in [0.25, 0.3) is 0 Å². The third-order valence-corrected chi connectivity index (χ3v) is 4.15. The first-order valence-corrected chi connectivity index (χ1v) is 8.05. The van der Waals surface area contributed by atoms with E-state index in [1.165, 1.54) is 33.4 Å². The van der Waals surface area contributed by atoms with Gasteiger partial charge in [0.05, 0.1) is 0 Å². The summed E-state index contributed by atoms with van der Waals surface area (Å²) in [5.41, 5.74) is 7.22. The lowest BCUT2D eigenvalue weighted by Crippen LogP contribution is -1.95. The Morgan fingerprint density at radius 1 is 0.458 bits per heavy atom. The summed E-state index contributed by atoms with van der Waals surface area (Å²) in [6.07, 6.45) is 8.05. The molecule has 24 heavy (non-hydrogen) atoms. The summed E-state index contributed by atoms with van der Waals surface area (Å²) >= 11 is 0. The highest BCUT2D eigenvalue weighted by Gasteiger charge is 2.16. The van der Waals surface area contributed by atoms with Gasteiger partial charge >= 0.3 is 0 Å². The molecule has 0 aliphatic carbocycles. The highest BCUT2D eigenvalue weighted by atomic mass is 14.6. The second kappa shape index (κ2) is 6.47. The summed E-state index contributed by atoms with van der Waals surface area (Å²) in [5.74, 6) is 0. The first-order valence-electron chi connectivity index (χ1n) is 8.05. The smallest absolute Gasteiger partial charge is 0.00846 e. The van der Waals surface area contributed by atoms with Gasteiger partial charge in [-0.05, 0) is 34.4 Å². The Bertz CT molecular complexity index is 837. The van der Waals surface area contributed by atoms with E-state index in [4.69, 9.17) is 0 Å². The quantitative estimate of drug-likeness (QED) is 0.476. The molecule has 0 fully saturated rings. The second-order valence-corrected chi connectivity index (χ2v) is 5.68. The van der Waals surface area contributed by atoms with E-state index >= 15 is 0 Å². The number of H-pyrrole nitrogens is 2. The number of aromatic nitrogens is 2. The van der Waals surface area contributed by atoms with E-state index in [0.29, 0.717) is 0 Å². The summed E-state index contributed by atoms with van der Waals surface area (Å²) in [6, 6.07) is 25.3. The van der Waals surface area contributed by atoms with Crippen LogP contribution in [0.2, 0.25) is 0 Å². The normalized spacial score (nSPS) is 12.0. The van der Waals surface area contributed by atoms with E-state index in [9.17, 15) is 0 Å². The minimum absolute atomic E-state index is 1.18. The molecule has 2 aromatic heterocycles. The summed E-state index contributed by atoms with van der Waals surface area (Å²) in [5, 5.41) is 0. The van der Waals surface area contributed by atoms with Gasteiger partial charge < -0.3 is 9.97 Å². The number of aromatic amines is 2. The number of benzene rings is 2. The van der Waals surface area contributed by atoms with Crippen molar-refractivity contribution in [1.29, 1.82) is 0 Å². The number of nitrogens with one attached hydrogen (secondary N) is 2. The first-order chi connectivity index (χ1) is 11.9. The Labute approximate surface area is 141 Å². The minimum Gasteiger partial charge on any atom is -0.367 e. The Hall–Kier alpha value is -3.26. The molecule has 0 aliphatic rings. The third-order valence-electron chi connectivity index (χ3n) is 4.15. The van der Waals surface area contributed by atoms with Gasteiger partial charge in [-0.15, -0.1) is 0 Å². The van der Waals surface area contributed by atoms with Crippen molar-refractivity contribution in [2.45, 2.75) is 0 Å². The molecule has 4 aromatic rings. The van der Waals surface area contributed by atoms with Crippen LogP contribution in [0.4, 0.5) is 0 Å². The minimum atomic E-state index is 1.18. The zero-order chi connectivity index (χ0) is 16.2. The molecule has 2 aromatic carbocycles. The van der Waals surface area contributed by atoms with Gasteiger partial charge in [0.15, 0.2) is 0 Å². The van der Waals surface area contributed by atoms with Crippen molar-refractivity contribution in [1.82, 2.24) is 9.97 Å². The predicted octanol–water partition coefficient (Wildman–Crippen LogP) is 5.35. The Balaban J connectivity index is 2.07. The maximum atomic E-state index is 3.19. The van der Waals surface area contributed by atoms with Crippen LogP contribution < -0.4 is 0 Å². The van der Waals surface area contributed by atoms with Gasteiger partial charge in [-0.2, -0.15) is 0 Å². The van der Waals surface area contributed by atoms with Gasteiger partial charge in [0, 0.05) is 35.9 Å². The molecular formula is C22H18N2. The molecule has 0 amide bonds. The average molecular weight is 310 g/mol. The van der Waals surface area contributed by atoms with E-state index in [-0.39, 0.29) is 0 Å². The molecule has 0 radical (unpaired) electrons. The standard InChI is InChI=1S/C22H18N2/c1-3-7-17(8-4-1)21(19-11-13-23-15-19)22(20-12-14-24-16-20)18-9-5-2-6-10-18/h1-16,23-24H/b22-21-. The Morgan fingerprint density at radius 3 is 1.21 bits per heavy atom. The lowest BCUT2D eigenvalue weighted by Gasteiger charge is -2.15. The maximum absolute atomic E-state index is 3.19. The van der Waals surface area contributed by atoms with Crippen LogP contribution in [0.3, 0.4) is 0 Å². The molecule has 0 bridgehead atoms. The Morgan fingerprint density at radius 2 is 0.875 bits per heavy atom. The summed E-state index contributed by atoms with van der Waals surface area (Å²) < 4.78 is 0. The van der Waals surface area contributed by atoms with Crippen molar-refractivity contribution in [3.05, 3.63) is 120 Å². The van der Waals surface area contributed by atoms with Crippen LogP contribution in [0.15, 0.2) is 97.6 Å². The molecular weight excluding hydrogens is 292 g/mol. The zero-order valence-electron chi connectivity index (χ0n) is 13.2. The zero-order valence-corrected chi connectivity index (χ0v) is 13.2. The average Bonchev–Trinajstić information content (AvgIpc) is 3.35. The molecule has 0 aliphatic heterocycles. The fraction of sp³-hybridized carbons (Fsp3) is 0. The first kappa shape index (κ1) is 14.3. The molecule has 4 rings (SSSR count). The Kier molecular flexibility index (Phi) is 3.86. The SMILES string of the molecule is c1ccc(/C(=C(\c2ccccc2)c2cc[nH]c2)c2cc[nH]c2)cc1. The van der Waals surface area contributed by atoms with Crippen LogP contribution in [0, 0.1) is 0 Å². The van der Waals surface area contributed by atoms with Crippen molar-refractivity contribution in [2.24, 2.45) is 0 Å². The highest BCUT2D eigenvalue weighted by molar-refractivity contribution is 6.04. The van der Waals surface area contributed by atoms with Crippen molar-refractivity contribution >= 4 is 11.1 Å². The van der Waals surface area contributed by atoms with E-state index in [1.54, 1.807) is 0 Å². The van der Waals surface area contributed by atoms with Gasteiger partial charge in [-0.25, -0.2) is 0 Å². The molecule has 0 saturated heterocycles. The van der Waals surface area contributed by atoms with Crippen molar-refractivity contribution in [3.63, 3.8) is 0 Å². The van der Waals surface area contributed by atoms with Crippen LogP contribution in [0.1, 0.15) is 22.3 Å². The fourth-order valence-corrected chi connectivity index (χ4v) is 3.08. The highest BCUT2D eigenvalue weighted by Crippen LogP contribution is 2.36. The number of hydrogen-bond acceptors (Lipinski definition) is 0. The molecule has 2 N–H and O–H groups in total. The topological polar surface area (TPSA) is 31.6 Å². The van der Waals surface area contributed by atoms with Crippen LogP contribution in [-0.4, -0.2) is 9.97 Å². The molecule has 2 heterocycles. The summed E-state index contributed by atoms with van der Waals surface area (Å²) in [7, 11) is 0. The van der Waals surface area contributed by atoms with E-state index < -0.39 is 0 Å². The monoisotopic (exact) mass is 310 g/mol. The maximum Gasteiger partial charge on any atom is 0.00846 e. The van der Waals surface area contributed by atoms with Crippen LogP contribution in [0.5, 0.6) is 0 Å². The molecule has 0 unspecified atom stereocenters. The number of hydrogen-bond donors (Lipinski definition) is 2. The van der Waals surface area contributed by atoms with Gasteiger partial charge in [0.1, 0.15) is 0 Å². The molecule has 116 valence electrons. The second-order valence-electron chi connectivity index (χ2n) is 5.68. The fourth-order valence-electron chi connectivity index (χ4n) is 3.08. The van der Waals surface area contributed by atoms with Crippen LogP contribution in [0.25, 0.3) is 11.1 Å². The van der Waals surface area contributed by atoms with E-state index in [2.05, 4.69) is 95.2 Å². The van der Waals surface area contributed by atoms with Gasteiger partial charge in [-0.3, -0.25) is 0 Å². The molecule has 0 saturated carbocycles. The molecule has 2 nitrogen and oxygen atoms in total. The van der Waals surface area contributed by atoms with Crippen molar-refractivity contribution in [3.8, 4) is 0 Å². The van der Waals surface area contributed by atoms with Gasteiger partial charge in [-0.1, -0.05) is 60.7 Å². The number of rotatable bonds is 4. The molecule has 0 spiro atoms. The largest absolute Gasteiger partial charge is 0.367 e. The van der Waals surface area contributed by atoms with E-state index in [0.717, 1.165) is 0 Å². The summed E-state index contributed by atoms with van der Waals surface area (Å²) in [6.45, 7) is 0. The van der Waals surface area contributed by atoms with Gasteiger partial charge in [0.2, 0.25) is 0 Å². The molecule has 0 atom stereocenters. The lowest BCUT2D eigenvalue weighted by atomic mass is 9.88. The third kappa shape index (κ3) is 2.70. The summed E-state index contributed by atoms with van der Waals surface area (Å²) in [4.78, 5) is 6.38. The lowest BCUT2D eigenvalue weighted by molar-refractivity contribution is 1.40. The molecule has 2 heteroatoms. The van der Waals surface area contributed by atoms with Crippen LogP contribution >= 0.6 is 0 Å². The van der Waals surface area contributed by atoms with E-state index in [1.807, 2.05) is 12.4 Å². The van der Waals surface area contributed by atoms with Crippen molar-refractivity contribution in [2.75, 3.05) is 0 Å².